The minimum atomic E-state index is 0.229. The third-order valence-corrected chi connectivity index (χ3v) is 5.13. The first-order valence-corrected chi connectivity index (χ1v) is 7.77. The van der Waals surface area contributed by atoms with E-state index in [1.807, 2.05) is 0 Å². The van der Waals surface area contributed by atoms with Gasteiger partial charge >= 0.3 is 0 Å². The molecule has 1 saturated carbocycles. The van der Waals surface area contributed by atoms with Gasteiger partial charge in [-0.1, -0.05) is 24.3 Å². The zero-order chi connectivity index (χ0) is 12.8. The highest BCUT2D eigenvalue weighted by Crippen LogP contribution is 2.45. The highest BCUT2D eigenvalue weighted by Gasteiger charge is 2.28. The number of hydrogen-bond acceptors (Lipinski definition) is 3. The van der Waals surface area contributed by atoms with Crippen LogP contribution in [0.4, 0.5) is 0 Å². The first kappa shape index (κ1) is 11.4. The number of aromatic nitrogens is 1. The number of hydrogen-bond donors (Lipinski definition) is 0. The fourth-order valence-electron chi connectivity index (χ4n) is 2.82. The van der Waals surface area contributed by atoms with Crippen LogP contribution < -0.4 is 0 Å². The Balaban J connectivity index is 1.83. The predicted molar refractivity (Wildman–Crippen MR) is 76.8 cm³/mol. The minimum Gasteiger partial charge on any atom is -0.292 e. The van der Waals surface area contributed by atoms with E-state index < -0.39 is 0 Å². The molecule has 2 aliphatic rings. The lowest BCUT2D eigenvalue weighted by atomic mass is 10.0. The fraction of sp³-hybridized carbons (Fsp3) is 0.375. The average Bonchev–Trinajstić information content (AvgIpc) is 3.18. The van der Waals surface area contributed by atoms with E-state index in [1.165, 1.54) is 28.8 Å². The van der Waals surface area contributed by atoms with Crippen LogP contribution in [0.15, 0.2) is 24.3 Å². The highest BCUT2D eigenvalue weighted by atomic mass is 32.1. The monoisotopic (exact) mass is 269 g/mol. The molecule has 1 aromatic carbocycles. The normalized spacial score (nSPS) is 18.4. The number of benzene rings is 1. The number of fused-ring (bicyclic) bond motifs is 1. The Labute approximate surface area is 116 Å². The van der Waals surface area contributed by atoms with Gasteiger partial charge in [0.25, 0.3) is 0 Å². The summed E-state index contributed by atoms with van der Waals surface area (Å²) in [7, 11) is 0. The molecule has 0 bridgehead atoms. The SMILES string of the molecule is O=C1CCCc2sc(-c3ccccc3C3CC3)nc21. The third kappa shape index (κ3) is 1.93. The molecule has 0 N–H and O–H groups in total. The zero-order valence-electron chi connectivity index (χ0n) is 10.7. The summed E-state index contributed by atoms with van der Waals surface area (Å²) in [5, 5.41) is 1.04. The molecule has 1 fully saturated rings. The van der Waals surface area contributed by atoms with Gasteiger partial charge in [0.15, 0.2) is 5.78 Å². The molecule has 1 aromatic heterocycles. The number of aryl methyl sites for hydroxylation is 1. The average molecular weight is 269 g/mol. The summed E-state index contributed by atoms with van der Waals surface area (Å²) >= 11 is 1.72. The van der Waals surface area contributed by atoms with Gasteiger partial charge in [0.1, 0.15) is 10.7 Å². The largest absolute Gasteiger partial charge is 0.292 e. The second-order valence-electron chi connectivity index (χ2n) is 5.43. The van der Waals surface area contributed by atoms with Crippen LogP contribution in [0.1, 0.15) is 52.5 Å². The van der Waals surface area contributed by atoms with E-state index in [-0.39, 0.29) is 5.78 Å². The summed E-state index contributed by atoms with van der Waals surface area (Å²) < 4.78 is 0. The van der Waals surface area contributed by atoms with Crippen molar-refractivity contribution in [1.82, 2.24) is 4.98 Å². The smallest absolute Gasteiger partial charge is 0.182 e. The molecule has 19 heavy (non-hydrogen) atoms. The van der Waals surface area contributed by atoms with E-state index in [0.29, 0.717) is 12.3 Å². The number of Topliss-reactive ketones (excluding diaryl/α,β-unsaturated/α-hetero) is 1. The van der Waals surface area contributed by atoms with E-state index in [0.717, 1.165) is 23.5 Å². The number of carbonyl (C=O) groups excluding carboxylic acids is 1. The van der Waals surface area contributed by atoms with Gasteiger partial charge in [-0.25, -0.2) is 4.98 Å². The fourth-order valence-corrected chi connectivity index (χ4v) is 3.99. The van der Waals surface area contributed by atoms with Gasteiger partial charge in [-0.15, -0.1) is 11.3 Å². The summed E-state index contributed by atoms with van der Waals surface area (Å²) in [6.07, 6.45) is 5.25. The molecule has 1 heterocycles. The lowest BCUT2D eigenvalue weighted by molar-refractivity contribution is 0.0968. The van der Waals surface area contributed by atoms with Crippen molar-refractivity contribution in [2.45, 2.75) is 38.0 Å². The van der Waals surface area contributed by atoms with Crippen molar-refractivity contribution in [3.05, 3.63) is 40.4 Å². The van der Waals surface area contributed by atoms with Crippen molar-refractivity contribution >= 4 is 17.1 Å². The zero-order valence-corrected chi connectivity index (χ0v) is 11.5. The van der Waals surface area contributed by atoms with Gasteiger partial charge in [-0.3, -0.25) is 4.79 Å². The van der Waals surface area contributed by atoms with Crippen LogP contribution in [0.5, 0.6) is 0 Å². The molecule has 0 amide bonds. The van der Waals surface area contributed by atoms with Crippen molar-refractivity contribution in [3.63, 3.8) is 0 Å². The third-order valence-electron chi connectivity index (χ3n) is 3.98. The molecule has 96 valence electrons. The molecule has 0 atom stereocenters. The number of rotatable bonds is 2. The summed E-state index contributed by atoms with van der Waals surface area (Å²) in [6, 6.07) is 8.55. The molecule has 0 unspecified atom stereocenters. The molecule has 0 spiro atoms. The minimum absolute atomic E-state index is 0.229. The first-order valence-electron chi connectivity index (χ1n) is 6.95. The lowest BCUT2D eigenvalue weighted by Crippen LogP contribution is -2.08. The van der Waals surface area contributed by atoms with Crippen molar-refractivity contribution in [2.24, 2.45) is 0 Å². The van der Waals surface area contributed by atoms with E-state index >= 15 is 0 Å². The van der Waals surface area contributed by atoms with Crippen LogP contribution in [0.2, 0.25) is 0 Å². The maximum atomic E-state index is 11.9. The molecule has 2 aliphatic carbocycles. The quantitative estimate of drug-likeness (QED) is 0.817. The summed E-state index contributed by atoms with van der Waals surface area (Å²) in [6.45, 7) is 0. The predicted octanol–water partition coefficient (Wildman–Crippen LogP) is 4.21. The Kier molecular flexibility index (Phi) is 2.55. The molecule has 0 radical (unpaired) electrons. The van der Waals surface area contributed by atoms with Gasteiger partial charge in [0.05, 0.1) is 0 Å². The van der Waals surface area contributed by atoms with Crippen LogP contribution in [0, 0.1) is 0 Å². The van der Waals surface area contributed by atoms with Crippen molar-refractivity contribution in [3.8, 4) is 10.6 Å². The van der Waals surface area contributed by atoms with Crippen LogP contribution in [0.25, 0.3) is 10.6 Å². The number of ketones is 1. The molecule has 3 heteroatoms. The molecule has 2 aromatic rings. The number of nitrogens with zero attached hydrogens (tertiary/aromatic N) is 1. The van der Waals surface area contributed by atoms with Crippen LogP contribution in [-0.4, -0.2) is 10.8 Å². The maximum Gasteiger partial charge on any atom is 0.182 e. The molecule has 0 aliphatic heterocycles. The van der Waals surface area contributed by atoms with E-state index in [2.05, 4.69) is 29.2 Å². The Morgan fingerprint density at radius 2 is 2.00 bits per heavy atom. The first-order chi connectivity index (χ1) is 9.33. The van der Waals surface area contributed by atoms with Crippen molar-refractivity contribution < 1.29 is 4.79 Å². The van der Waals surface area contributed by atoms with Crippen LogP contribution in [-0.2, 0) is 6.42 Å². The molecule has 2 nitrogen and oxygen atoms in total. The van der Waals surface area contributed by atoms with Gasteiger partial charge in [-0.05, 0) is 37.2 Å². The maximum absolute atomic E-state index is 11.9. The van der Waals surface area contributed by atoms with Crippen LogP contribution in [0.3, 0.4) is 0 Å². The van der Waals surface area contributed by atoms with Crippen molar-refractivity contribution in [1.29, 1.82) is 0 Å². The van der Waals surface area contributed by atoms with Crippen molar-refractivity contribution in [2.75, 3.05) is 0 Å². The van der Waals surface area contributed by atoms with Gasteiger partial charge in [0.2, 0.25) is 0 Å². The Hall–Kier alpha value is -1.48. The standard InChI is InChI=1S/C16H15NOS/c18-13-6-3-7-14-15(13)17-16(19-14)12-5-2-1-4-11(12)10-8-9-10/h1-2,4-5,10H,3,6-9H2. The van der Waals surface area contributed by atoms with E-state index in [9.17, 15) is 4.79 Å². The van der Waals surface area contributed by atoms with Gasteiger partial charge < -0.3 is 0 Å². The van der Waals surface area contributed by atoms with E-state index in [4.69, 9.17) is 0 Å². The molecule has 0 saturated heterocycles. The molecular formula is C16H15NOS. The second kappa shape index (κ2) is 4.27. The van der Waals surface area contributed by atoms with E-state index in [1.54, 1.807) is 11.3 Å². The summed E-state index contributed by atoms with van der Waals surface area (Å²) in [5.74, 6) is 0.945. The number of thiazole rings is 1. The van der Waals surface area contributed by atoms with Gasteiger partial charge in [-0.2, -0.15) is 0 Å². The summed E-state index contributed by atoms with van der Waals surface area (Å²) in [5.41, 5.74) is 3.41. The Morgan fingerprint density at radius 1 is 1.16 bits per heavy atom. The van der Waals surface area contributed by atoms with Crippen LogP contribution >= 0.6 is 11.3 Å². The number of carbonyl (C=O) groups is 1. The Morgan fingerprint density at radius 3 is 2.79 bits per heavy atom. The molecular weight excluding hydrogens is 254 g/mol. The second-order valence-corrected chi connectivity index (χ2v) is 6.51. The highest BCUT2D eigenvalue weighted by molar-refractivity contribution is 7.15. The topological polar surface area (TPSA) is 30.0 Å². The summed E-state index contributed by atoms with van der Waals surface area (Å²) in [4.78, 5) is 17.7. The lowest BCUT2D eigenvalue weighted by Gasteiger charge is -2.06. The molecule has 4 rings (SSSR count). The van der Waals surface area contributed by atoms with Gasteiger partial charge in [0, 0.05) is 16.9 Å². The Bertz CT molecular complexity index is 655.